The first-order valence-electron chi connectivity index (χ1n) is 0.494. The van der Waals surface area contributed by atoms with Gasteiger partial charge in [0.1, 0.15) is 0 Å². The summed E-state index contributed by atoms with van der Waals surface area (Å²) in [6, 6.07) is 0. The van der Waals surface area contributed by atoms with Crippen molar-refractivity contribution in [1.82, 2.24) is 0 Å². The molecule has 0 fully saturated rings. The van der Waals surface area contributed by atoms with Crippen LogP contribution < -0.4 is 68.9 Å². The Kier molecular flexibility index (Phi) is 20.1. The Morgan fingerprint density at radius 1 is 1.75 bits per heavy atom. The largest absolute Gasteiger partial charge is 1.00 e. The van der Waals surface area contributed by atoms with E-state index in [4.69, 9.17) is 9.90 Å². The summed E-state index contributed by atoms with van der Waals surface area (Å²) in [7, 11) is 0. The van der Waals surface area contributed by atoms with Gasteiger partial charge in [-0.1, -0.05) is 0 Å². The molecule has 0 aromatic carbocycles. The van der Waals surface area contributed by atoms with Crippen molar-refractivity contribution in [3.05, 3.63) is 0 Å². The summed E-state index contributed by atoms with van der Waals surface area (Å²) >= 11 is 0. The van der Waals surface area contributed by atoms with Crippen molar-refractivity contribution in [2.24, 2.45) is 0 Å². The van der Waals surface area contributed by atoms with Crippen molar-refractivity contribution in [1.29, 1.82) is 0 Å². The summed E-state index contributed by atoms with van der Waals surface area (Å²) in [4.78, 5) is 8.36. The Labute approximate surface area is 83.0 Å². The molecule has 0 aliphatic heterocycles. The predicted octanol–water partition coefficient (Wildman–Crippen LogP) is -3.30. The molecule has 0 rings (SSSR count). The fourth-order valence-electron chi connectivity index (χ4n) is 0. The van der Waals surface area contributed by atoms with Crippen LogP contribution in [-0.4, -0.2) is 11.6 Å². The number of rotatable bonds is 0. The summed E-state index contributed by atoms with van der Waals surface area (Å²) in [5.41, 5.74) is 0. The molecular weight excluding hydrogens is 177 g/mol. The van der Waals surface area contributed by atoms with Crippen LogP contribution in [0.25, 0.3) is 0 Å². The molecule has 0 amide bonds. The van der Waals surface area contributed by atoms with E-state index in [1.54, 1.807) is 0 Å². The third-order valence-corrected chi connectivity index (χ3v) is 0. The van der Waals surface area contributed by atoms with Crippen molar-refractivity contribution in [3.8, 4) is 0 Å². The summed E-state index contributed by atoms with van der Waals surface area (Å²) in [6.07, 6.45) is 0. The summed E-state index contributed by atoms with van der Waals surface area (Å²) < 4.78 is 0. The zero-order valence-corrected chi connectivity index (χ0v) is 8.71. The quantitative estimate of drug-likeness (QED) is 0.395. The van der Waals surface area contributed by atoms with E-state index in [1.807, 2.05) is 0 Å². The zero-order chi connectivity index (χ0) is 2.71. The van der Waals surface area contributed by atoms with Crippen LogP contribution in [0.4, 0.5) is 0 Å². The van der Waals surface area contributed by atoms with Gasteiger partial charge < -0.3 is 5.11 Å². The number of carbonyl (C=O) groups is 1. The van der Waals surface area contributed by atoms with Gasteiger partial charge in [0.2, 0.25) is 0 Å². The van der Waals surface area contributed by atoms with Crippen LogP contribution >= 0.6 is 0 Å². The Bertz CT molecular complexity index is 13.5. The van der Waals surface area contributed by atoms with E-state index in [2.05, 4.69) is 0 Å². The van der Waals surface area contributed by atoms with Crippen LogP contribution in [0, 0.1) is 0 Å². The van der Waals surface area contributed by atoms with Gasteiger partial charge in [-0.2, -0.15) is 0 Å². The van der Waals surface area contributed by atoms with E-state index in [9.17, 15) is 0 Å². The molecule has 0 aliphatic carbocycles. The van der Waals surface area contributed by atoms with E-state index in [0.29, 0.717) is 0 Å². The second-order valence-corrected chi connectivity index (χ2v) is 0.105. The van der Waals surface area contributed by atoms with Gasteiger partial charge in [-0.25, -0.2) is 0 Å². The van der Waals surface area contributed by atoms with Crippen LogP contribution in [0.15, 0.2) is 0 Å². The van der Waals surface area contributed by atoms with Gasteiger partial charge in [0.15, 0.2) is 0 Å². The maximum Gasteiger partial charge on any atom is 1.00 e. The van der Waals surface area contributed by atoms with Crippen LogP contribution in [0.1, 0.15) is 0 Å². The molecule has 0 unspecified atom stereocenters. The first-order chi connectivity index (χ1) is 1.41. The van der Waals surface area contributed by atoms with Gasteiger partial charge in [0, 0.05) is 0 Å². The maximum atomic E-state index is 8.36. The Morgan fingerprint density at radius 3 is 1.75 bits per heavy atom. The van der Waals surface area contributed by atoms with Crippen molar-refractivity contribution in [2.75, 3.05) is 0 Å². The second kappa shape index (κ2) is 8.82. The molecule has 0 saturated carbocycles. The predicted molar refractivity (Wildman–Crippen MR) is 8.69 cm³/mol. The summed E-state index contributed by atoms with van der Waals surface area (Å²) in [5, 5.41) is 6.89. The minimum Gasteiger partial charge on any atom is -0.483 e. The number of hydrogen-bond donors (Lipinski definition) is 1. The molecule has 0 aromatic rings. The molecule has 3 heteroatoms. The van der Waals surface area contributed by atoms with Gasteiger partial charge >= 0.3 is 68.9 Å². The molecule has 0 radical (unpaired) electrons. The van der Waals surface area contributed by atoms with Gasteiger partial charge in [-0.3, -0.25) is 4.79 Å². The molecule has 0 aromatic heterocycles. The first kappa shape index (κ1) is 9.10. The van der Waals surface area contributed by atoms with Crippen molar-refractivity contribution in [3.63, 3.8) is 0 Å². The van der Waals surface area contributed by atoms with E-state index in [0.717, 1.165) is 0 Å². The fourth-order valence-corrected chi connectivity index (χ4v) is 0. The van der Waals surface area contributed by atoms with Gasteiger partial charge in [0.05, 0.1) is 0 Å². The monoisotopic (exact) mass is 179 g/mol. The Hall–Kier alpha value is 1.52. The topological polar surface area (TPSA) is 37.3 Å². The SMILES string of the molecule is O=CO.[Cs+]. The van der Waals surface area contributed by atoms with E-state index >= 15 is 0 Å². The molecule has 4 heavy (non-hydrogen) atoms. The number of hydrogen-bond acceptors (Lipinski definition) is 1. The average molecular weight is 179 g/mol. The summed E-state index contributed by atoms with van der Waals surface area (Å²) in [6.45, 7) is -0.250. The zero-order valence-electron chi connectivity index (χ0n) is 2.43. The molecule has 0 spiro atoms. The number of carboxylic acid groups (broad SMARTS) is 1. The van der Waals surface area contributed by atoms with E-state index in [1.165, 1.54) is 0 Å². The fraction of sp³-hybridized carbons (Fsp3) is 0. The van der Waals surface area contributed by atoms with Crippen molar-refractivity contribution >= 4 is 6.47 Å². The molecule has 2 nitrogen and oxygen atoms in total. The second-order valence-electron chi connectivity index (χ2n) is 0.105. The van der Waals surface area contributed by atoms with Crippen molar-refractivity contribution < 1.29 is 78.8 Å². The average Bonchev–Trinajstić information content (AvgIpc) is 0.918. The summed E-state index contributed by atoms with van der Waals surface area (Å²) in [5.74, 6) is 0. The molecule has 0 aliphatic rings. The van der Waals surface area contributed by atoms with Gasteiger partial charge in [-0.05, 0) is 0 Å². The minimum absolute atomic E-state index is 0. The third kappa shape index (κ3) is 9.67. The molecule has 0 saturated heterocycles. The van der Waals surface area contributed by atoms with Crippen LogP contribution in [0.5, 0.6) is 0 Å². The molecular formula is CH2CsO2+. The molecule has 0 atom stereocenters. The smallest absolute Gasteiger partial charge is 0.483 e. The maximum absolute atomic E-state index is 8.36. The van der Waals surface area contributed by atoms with Crippen LogP contribution in [0.2, 0.25) is 0 Å². The van der Waals surface area contributed by atoms with E-state index in [-0.39, 0.29) is 75.4 Å². The van der Waals surface area contributed by atoms with E-state index < -0.39 is 0 Å². The van der Waals surface area contributed by atoms with Gasteiger partial charge in [-0.15, -0.1) is 0 Å². The minimum atomic E-state index is -0.250. The van der Waals surface area contributed by atoms with Crippen LogP contribution in [-0.2, 0) is 4.79 Å². The third-order valence-electron chi connectivity index (χ3n) is 0. The van der Waals surface area contributed by atoms with Crippen molar-refractivity contribution in [2.45, 2.75) is 0 Å². The molecule has 1 N–H and O–H groups in total. The van der Waals surface area contributed by atoms with Crippen LogP contribution in [0.3, 0.4) is 0 Å². The first-order valence-corrected chi connectivity index (χ1v) is 0.494. The molecule has 18 valence electrons. The standard InChI is InChI=1S/CH2O2.Cs/c2-1-3;/h1H,(H,2,3);/q;+1. The molecule has 0 bridgehead atoms. The van der Waals surface area contributed by atoms with Gasteiger partial charge in [0.25, 0.3) is 6.47 Å². The Balaban J connectivity index is 0. The normalized spacial score (nSPS) is 3.00. The Morgan fingerprint density at radius 2 is 1.75 bits per heavy atom. The molecule has 0 heterocycles.